The Morgan fingerprint density at radius 3 is 2.72 bits per heavy atom. The van der Waals surface area contributed by atoms with Crippen LogP contribution in [0.3, 0.4) is 0 Å². The molecule has 0 bridgehead atoms. The predicted molar refractivity (Wildman–Crippen MR) is 111 cm³/mol. The molecule has 0 aliphatic heterocycles. The molecule has 9 nitrogen and oxygen atoms in total. The van der Waals surface area contributed by atoms with E-state index < -0.39 is 6.10 Å². The molecule has 0 saturated heterocycles. The number of benzene rings is 1. The van der Waals surface area contributed by atoms with Crippen molar-refractivity contribution in [2.45, 2.75) is 39.7 Å². The van der Waals surface area contributed by atoms with Gasteiger partial charge in [-0.2, -0.15) is 0 Å². The SMILES string of the molecule is COc1ccc2c(c1)nc(NCCCCNC(=O)C(O)C(C)C)c1nnc(C)n12. The summed E-state index contributed by atoms with van der Waals surface area (Å²) in [5.74, 6) is 1.76. The number of ether oxygens (including phenoxy) is 1. The first kappa shape index (κ1) is 20.8. The fraction of sp³-hybridized carbons (Fsp3) is 0.500. The van der Waals surface area contributed by atoms with Gasteiger partial charge in [0.05, 0.1) is 18.1 Å². The Balaban J connectivity index is 1.63. The zero-order valence-corrected chi connectivity index (χ0v) is 17.3. The molecular weight excluding hydrogens is 372 g/mol. The van der Waals surface area contributed by atoms with Crippen molar-refractivity contribution in [1.82, 2.24) is 24.9 Å². The number of nitrogens with zero attached hydrogens (tertiary/aromatic N) is 4. The smallest absolute Gasteiger partial charge is 0.249 e. The summed E-state index contributed by atoms with van der Waals surface area (Å²) in [6, 6.07) is 5.72. The van der Waals surface area contributed by atoms with Gasteiger partial charge < -0.3 is 20.5 Å². The second kappa shape index (κ2) is 9.04. The van der Waals surface area contributed by atoms with E-state index >= 15 is 0 Å². The number of hydrogen-bond acceptors (Lipinski definition) is 7. The highest BCUT2D eigenvalue weighted by Gasteiger charge is 2.18. The Labute approximate surface area is 169 Å². The minimum atomic E-state index is -0.962. The fourth-order valence-electron chi connectivity index (χ4n) is 3.08. The molecule has 156 valence electrons. The number of aryl methyl sites for hydroxylation is 1. The van der Waals surface area contributed by atoms with E-state index in [9.17, 15) is 9.90 Å². The Morgan fingerprint density at radius 1 is 1.24 bits per heavy atom. The highest BCUT2D eigenvalue weighted by Crippen LogP contribution is 2.24. The third-order valence-corrected chi connectivity index (χ3v) is 4.79. The number of aliphatic hydroxyl groups is 1. The monoisotopic (exact) mass is 400 g/mol. The molecule has 2 aromatic heterocycles. The van der Waals surface area contributed by atoms with Gasteiger partial charge in [0.25, 0.3) is 0 Å². The number of aromatic nitrogens is 4. The summed E-state index contributed by atoms with van der Waals surface area (Å²) >= 11 is 0. The lowest BCUT2D eigenvalue weighted by atomic mass is 10.1. The Hall–Kier alpha value is -2.94. The van der Waals surface area contributed by atoms with Crippen LogP contribution in [0.4, 0.5) is 5.82 Å². The van der Waals surface area contributed by atoms with Crippen molar-refractivity contribution in [2.75, 3.05) is 25.5 Å². The van der Waals surface area contributed by atoms with Crippen LogP contribution in [-0.2, 0) is 4.79 Å². The van der Waals surface area contributed by atoms with Crippen LogP contribution < -0.4 is 15.4 Å². The van der Waals surface area contributed by atoms with Crippen LogP contribution in [0, 0.1) is 12.8 Å². The van der Waals surface area contributed by atoms with Gasteiger partial charge in [-0.25, -0.2) is 4.98 Å². The maximum atomic E-state index is 11.7. The van der Waals surface area contributed by atoms with E-state index in [1.807, 2.05) is 43.4 Å². The molecule has 2 heterocycles. The number of rotatable bonds is 9. The summed E-state index contributed by atoms with van der Waals surface area (Å²) in [4.78, 5) is 16.4. The Morgan fingerprint density at radius 2 is 2.00 bits per heavy atom. The Bertz CT molecular complexity index is 1000. The minimum Gasteiger partial charge on any atom is -0.497 e. The van der Waals surface area contributed by atoms with Crippen LogP contribution in [0.15, 0.2) is 18.2 Å². The number of anilines is 1. The summed E-state index contributed by atoms with van der Waals surface area (Å²) in [7, 11) is 1.63. The number of methoxy groups -OCH3 is 1. The summed E-state index contributed by atoms with van der Waals surface area (Å²) < 4.78 is 7.28. The normalized spacial score (nSPS) is 12.5. The number of carbonyl (C=O) groups excluding carboxylic acids is 1. The van der Waals surface area contributed by atoms with E-state index in [4.69, 9.17) is 9.72 Å². The number of amides is 1. The first-order valence-electron chi connectivity index (χ1n) is 9.81. The van der Waals surface area contributed by atoms with Crippen LogP contribution in [-0.4, -0.2) is 56.9 Å². The summed E-state index contributed by atoms with van der Waals surface area (Å²) in [6.07, 6.45) is 0.652. The van der Waals surface area contributed by atoms with Crippen molar-refractivity contribution in [2.24, 2.45) is 5.92 Å². The van der Waals surface area contributed by atoms with Crippen molar-refractivity contribution >= 4 is 28.4 Å². The van der Waals surface area contributed by atoms with Gasteiger partial charge in [0, 0.05) is 19.2 Å². The van der Waals surface area contributed by atoms with E-state index in [1.165, 1.54) is 0 Å². The summed E-state index contributed by atoms with van der Waals surface area (Å²) in [5, 5.41) is 24.2. The third-order valence-electron chi connectivity index (χ3n) is 4.79. The first-order valence-corrected chi connectivity index (χ1v) is 9.81. The van der Waals surface area contributed by atoms with Crippen molar-refractivity contribution in [1.29, 1.82) is 0 Å². The van der Waals surface area contributed by atoms with Crippen LogP contribution in [0.2, 0.25) is 0 Å². The molecule has 29 heavy (non-hydrogen) atoms. The van der Waals surface area contributed by atoms with Gasteiger partial charge in [0.2, 0.25) is 11.6 Å². The van der Waals surface area contributed by atoms with Crippen molar-refractivity contribution in [3.63, 3.8) is 0 Å². The number of fused-ring (bicyclic) bond motifs is 3. The van der Waals surface area contributed by atoms with E-state index in [-0.39, 0.29) is 11.8 Å². The van der Waals surface area contributed by atoms with Gasteiger partial charge in [-0.1, -0.05) is 13.8 Å². The average Bonchev–Trinajstić information content (AvgIpc) is 3.11. The molecule has 0 spiro atoms. The predicted octanol–water partition coefficient (Wildman–Crippen LogP) is 1.92. The molecule has 9 heteroatoms. The van der Waals surface area contributed by atoms with Gasteiger partial charge in [-0.15, -0.1) is 10.2 Å². The lowest BCUT2D eigenvalue weighted by molar-refractivity contribution is -0.131. The molecule has 3 aromatic rings. The molecule has 3 N–H and O–H groups in total. The third kappa shape index (κ3) is 4.56. The van der Waals surface area contributed by atoms with Gasteiger partial charge in [0.1, 0.15) is 17.7 Å². The lowest BCUT2D eigenvalue weighted by Gasteiger charge is -2.14. The maximum absolute atomic E-state index is 11.7. The Kier molecular flexibility index (Phi) is 6.48. The lowest BCUT2D eigenvalue weighted by Crippen LogP contribution is -2.38. The number of hydrogen-bond donors (Lipinski definition) is 3. The maximum Gasteiger partial charge on any atom is 0.249 e. The average molecular weight is 400 g/mol. The van der Waals surface area contributed by atoms with Gasteiger partial charge in [-0.05, 0) is 37.8 Å². The summed E-state index contributed by atoms with van der Waals surface area (Å²) in [6.45, 7) is 6.72. The van der Waals surface area contributed by atoms with E-state index in [0.717, 1.165) is 35.4 Å². The standard InChI is InChI=1S/C20H28N6O3/c1-12(2)17(27)20(28)22-10-6-5-9-21-18-19-25-24-13(3)26(19)16-8-7-14(29-4)11-15(16)23-18/h7-8,11-12,17,27H,5-6,9-10H2,1-4H3,(H,21,23)(H,22,28). The second-order valence-corrected chi connectivity index (χ2v) is 7.34. The molecule has 1 unspecified atom stereocenters. The van der Waals surface area contributed by atoms with Crippen molar-refractivity contribution in [3.8, 4) is 5.75 Å². The zero-order valence-electron chi connectivity index (χ0n) is 17.3. The quantitative estimate of drug-likeness (QED) is 0.470. The molecule has 1 atom stereocenters. The van der Waals surface area contributed by atoms with Gasteiger partial charge in [0.15, 0.2) is 5.82 Å². The molecule has 0 aliphatic carbocycles. The zero-order chi connectivity index (χ0) is 21.0. The van der Waals surface area contributed by atoms with Crippen LogP contribution in [0.1, 0.15) is 32.5 Å². The van der Waals surface area contributed by atoms with E-state index in [1.54, 1.807) is 7.11 Å². The van der Waals surface area contributed by atoms with E-state index in [2.05, 4.69) is 20.8 Å². The fourth-order valence-corrected chi connectivity index (χ4v) is 3.08. The molecule has 1 aromatic carbocycles. The molecule has 3 rings (SSSR count). The van der Waals surface area contributed by atoms with Crippen molar-refractivity contribution in [3.05, 3.63) is 24.0 Å². The highest BCUT2D eigenvalue weighted by molar-refractivity contribution is 5.84. The summed E-state index contributed by atoms with van der Waals surface area (Å²) in [5.41, 5.74) is 2.38. The van der Waals surface area contributed by atoms with Gasteiger partial charge >= 0.3 is 0 Å². The molecule has 0 saturated carbocycles. The number of unbranched alkanes of at least 4 members (excludes halogenated alkanes) is 1. The molecular formula is C20H28N6O3. The van der Waals surface area contributed by atoms with Crippen LogP contribution in [0.5, 0.6) is 5.75 Å². The van der Waals surface area contributed by atoms with Crippen LogP contribution in [0.25, 0.3) is 16.7 Å². The van der Waals surface area contributed by atoms with Gasteiger partial charge in [-0.3, -0.25) is 9.20 Å². The number of aliphatic hydroxyl groups excluding tert-OH is 1. The first-order chi connectivity index (χ1) is 13.9. The highest BCUT2D eigenvalue weighted by atomic mass is 16.5. The van der Waals surface area contributed by atoms with Crippen LogP contribution >= 0.6 is 0 Å². The molecule has 0 radical (unpaired) electrons. The largest absolute Gasteiger partial charge is 0.497 e. The number of carbonyl (C=O) groups is 1. The molecule has 1 amide bonds. The van der Waals surface area contributed by atoms with E-state index in [0.29, 0.717) is 24.6 Å². The second-order valence-electron chi connectivity index (χ2n) is 7.34. The molecule has 0 fully saturated rings. The molecule has 0 aliphatic rings. The topological polar surface area (TPSA) is 114 Å². The number of nitrogens with one attached hydrogen (secondary N) is 2. The minimum absolute atomic E-state index is 0.0942. The van der Waals surface area contributed by atoms with Crippen molar-refractivity contribution < 1.29 is 14.6 Å².